The molecule has 1 atom stereocenters. The first kappa shape index (κ1) is 18.2. The Morgan fingerprint density at radius 2 is 1.94 bits per heavy atom. The van der Waals surface area contributed by atoms with Gasteiger partial charge in [0.1, 0.15) is 9.84 Å². The molecule has 0 rings (SSSR count). The minimum Gasteiger partial charge on any atom is -0.394 e. The van der Waals surface area contributed by atoms with Crippen molar-refractivity contribution in [2.75, 3.05) is 36.7 Å². The van der Waals surface area contributed by atoms with Gasteiger partial charge in [0.25, 0.3) is 0 Å². The van der Waals surface area contributed by atoms with Crippen LogP contribution in [0.25, 0.3) is 0 Å². The van der Waals surface area contributed by atoms with E-state index in [1.165, 1.54) is 6.26 Å². The van der Waals surface area contributed by atoms with E-state index in [-0.39, 0.29) is 17.9 Å². The van der Waals surface area contributed by atoms with Gasteiger partial charge >= 0.3 is 0 Å². The van der Waals surface area contributed by atoms with E-state index in [0.717, 1.165) is 31.6 Å². The predicted molar refractivity (Wildman–Crippen MR) is 80.1 cm³/mol. The van der Waals surface area contributed by atoms with Crippen molar-refractivity contribution in [3.05, 3.63) is 0 Å². The normalized spacial score (nSPS) is 15.6. The van der Waals surface area contributed by atoms with Crippen LogP contribution in [0.15, 0.2) is 0 Å². The molecule has 2 N–H and O–H groups in total. The number of nitrogens with one attached hydrogen (secondary N) is 1. The van der Waals surface area contributed by atoms with Crippen LogP contribution in [-0.4, -0.2) is 55.7 Å². The molecule has 0 aromatic heterocycles. The van der Waals surface area contributed by atoms with Crippen LogP contribution in [0.1, 0.15) is 33.1 Å². The van der Waals surface area contributed by atoms with Crippen molar-refractivity contribution < 1.29 is 13.5 Å². The molecule has 0 aliphatic rings. The highest BCUT2D eigenvalue weighted by atomic mass is 32.2. The monoisotopic (exact) mass is 297 g/mol. The maximum Gasteiger partial charge on any atom is 0.148 e. The summed E-state index contributed by atoms with van der Waals surface area (Å²) >= 11 is 1.69. The second kappa shape index (κ2) is 9.18. The summed E-state index contributed by atoms with van der Waals surface area (Å²) in [4.78, 5) is 0. The number of hydrogen-bond acceptors (Lipinski definition) is 5. The molecule has 0 amide bonds. The van der Waals surface area contributed by atoms with Crippen molar-refractivity contribution in [1.82, 2.24) is 5.32 Å². The number of likely N-dealkylation sites (N-methyl/N-ethyl adjacent to an activating group) is 1. The lowest BCUT2D eigenvalue weighted by Gasteiger charge is -2.28. The fourth-order valence-electron chi connectivity index (χ4n) is 1.68. The van der Waals surface area contributed by atoms with Crippen molar-refractivity contribution in [3.63, 3.8) is 0 Å². The maximum atomic E-state index is 10.9. The van der Waals surface area contributed by atoms with E-state index in [9.17, 15) is 13.5 Å². The summed E-state index contributed by atoms with van der Waals surface area (Å²) in [5.74, 6) is 1.94. The first-order valence-corrected chi connectivity index (χ1v) is 9.66. The van der Waals surface area contributed by atoms with E-state index in [4.69, 9.17) is 0 Å². The number of aliphatic hydroxyl groups excluding tert-OH is 1. The van der Waals surface area contributed by atoms with Gasteiger partial charge in [-0.25, -0.2) is 8.42 Å². The summed E-state index contributed by atoms with van der Waals surface area (Å²) in [5.41, 5.74) is -0.174. The van der Waals surface area contributed by atoms with Crippen molar-refractivity contribution >= 4 is 21.6 Å². The van der Waals surface area contributed by atoms with E-state index in [0.29, 0.717) is 5.75 Å². The van der Waals surface area contributed by atoms with Crippen LogP contribution in [0, 0.1) is 0 Å². The molecular weight excluding hydrogens is 270 g/mol. The number of sulfone groups is 1. The molecule has 0 aliphatic heterocycles. The van der Waals surface area contributed by atoms with Gasteiger partial charge in [0.15, 0.2) is 0 Å². The van der Waals surface area contributed by atoms with E-state index < -0.39 is 9.84 Å². The van der Waals surface area contributed by atoms with E-state index in [2.05, 4.69) is 5.32 Å². The largest absolute Gasteiger partial charge is 0.394 e. The van der Waals surface area contributed by atoms with E-state index >= 15 is 0 Å². The lowest BCUT2D eigenvalue weighted by atomic mass is 9.96. The Morgan fingerprint density at radius 1 is 1.28 bits per heavy atom. The van der Waals surface area contributed by atoms with E-state index in [1.54, 1.807) is 11.8 Å². The Hall–Kier alpha value is 0.220. The lowest BCUT2D eigenvalue weighted by molar-refractivity contribution is 0.165. The van der Waals surface area contributed by atoms with Crippen LogP contribution < -0.4 is 5.32 Å². The molecule has 0 fully saturated rings. The van der Waals surface area contributed by atoms with Gasteiger partial charge in [-0.15, -0.1) is 0 Å². The smallest absolute Gasteiger partial charge is 0.148 e. The summed E-state index contributed by atoms with van der Waals surface area (Å²) in [6, 6.07) is 0. The Kier molecular flexibility index (Phi) is 9.29. The van der Waals surface area contributed by atoms with Crippen LogP contribution in [0.2, 0.25) is 0 Å². The average Bonchev–Trinajstić information content (AvgIpc) is 2.27. The summed E-state index contributed by atoms with van der Waals surface area (Å²) in [6.45, 7) is 5.09. The first-order valence-electron chi connectivity index (χ1n) is 6.44. The van der Waals surface area contributed by atoms with Gasteiger partial charge < -0.3 is 10.4 Å². The minimum absolute atomic E-state index is 0.155. The molecule has 110 valence electrons. The minimum atomic E-state index is -2.82. The van der Waals surface area contributed by atoms with Crippen molar-refractivity contribution in [3.8, 4) is 0 Å². The van der Waals surface area contributed by atoms with Crippen molar-refractivity contribution in [2.45, 2.75) is 38.6 Å². The van der Waals surface area contributed by atoms with Crippen LogP contribution in [0.3, 0.4) is 0 Å². The quantitative estimate of drug-likeness (QED) is 0.563. The third-order valence-corrected chi connectivity index (χ3v) is 5.09. The number of hydrogen-bond donors (Lipinski definition) is 2. The van der Waals surface area contributed by atoms with Crippen LogP contribution in [0.5, 0.6) is 0 Å². The SMILES string of the molecule is CCNC(C)(CO)CCCCSCCS(C)(=O)=O. The average molecular weight is 297 g/mol. The molecule has 0 aliphatic carbocycles. The highest BCUT2D eigenvalue weighted by Crippen LogP contribution is 2.15. The summed E-state index contributed by atoms with van der Waals surface area (Å²) < 4.78 is 21.8. The molecule has 0 aromatic carbocycles. The molecule has 0 aromatic rings. The molecule has 0 saturated heterocycles. The molecule has 0 radical (unpaired) electrons. The summed E-state index contributed by atoms with van der Waals surface area (Å²) in [6.07, 6.45) is 4.34. The lowest BCUT2D eigenvalue weighted by Crippen LogP contribution is -2.45. The van der Waals surface area contributed by atoms with Gasteiger partial charge in [0.05, 0.1) is 12.4 Å². The van der Waals surface area contributed by atoms with E-state index in [1.807, 2.05) is 13.8 Å². The molecule has 18 heavy (non-hydrogen) atoms. The molecule has 0 heterocycles. The second-order valence-corrected chi connectivity index (χ2v) is 8.43. The van der Waals surface area contributed by atoms with Gasteiger partial charge in [-0.3, -0.25) is 0 Å². The Balaban J connectivity index is 3.55. The zero-order valence-electron chi connectivity index (χ0n) is 11.7. The number of aliphatic hydroxyl groups is 1. The van der Waals surface area contributed by atoms with Gasteiger partial charge in [0.2, 0.25) is 0 Å². The number of rotatable bonds is 11. The highest BCUT2D eigenvalue weighted by molar-refractivity contribution is 8.00. The van der Waals surface area contributed by atoms with Crippen molar-refractivity contribution in [1.29, 1.82) is 0 Å². The first-order chi connectivity index (χ1) is 8.33. The number of unbranched alkanes of at least 4 members (excludes halogenated alkanes) is 1. The molecule has 4 nitrogen and oxygen atoms in total. The zero-order valence-corrected chi connectivity index (χ0v) is 13.4. The summed E-state index contributed by atoms with van der Waals surface area (Å²) in [5, 5.41) is 12.6. The van der Waals surface area contributed by atoms with Crippen LogP contribution in [0.4, 0.5) is 0 Å². The predicted octanol–water partition coefficient (Wildman–Crippen LogP) is 1.30. The fraction of sp³-hybridized carbons (Fsp3) is 1.00. The molecular formula is C12H27NO3S2. The molecule has 0 bridgehead atoms. The Bertz CT molecular complexity index is 306. The van der Waals surface area contributed by atoms with Gasteiger partial charge in [-0.2, -0.15) is 11.8 Å². The third-order valence-electron chi connectivity index (χ3n) is 2.82. The van der Waals surface area contributed by atoms with Gasteiger partial charge in [0, 0.05) is 17.5 Å². The maximum absolute atomic E-state index is 10.9. The Morgan fingerprint density at radius 3 is 2.44 bits per heavy atom. The van der Waals surface area contributed by atoms with Crippen LogP contribution in [-0.2, 0) is 9.84 Å². The van der Waals surface area contributed by atoms with Gasteiger partial charge in [-0.1, -0.05) is 13.3 Å². The van der Waals surface area contributed by atoms with Crippen LogP contribution >= 0.6 is 11.8 Å². The Labute approximate surface area is 116 Å². The fourth-order valence-corrected chi connectivity index (χ4v) is 3.98. The highest BCUT2D eigenvalue weighted by Gasteiger charge is 2.20. The molecule has 6 heteroatoms. The number of thioether (sulfide) groups is 1. The topological polar surface area (TPSA) is 66.4 Å². The summed E-state index contributed by atoms with van der Waals surface area (Å²) in [7, 11) is -2.82. The molecule has 0 saturated carbocycles. The zero-order chi connectivity index (χ0) is 14.1. The molecule has 1 unspecified atom stereocenters. The standard InChI is InChI=1S/C12H27NO3S2/c1-4-13-12(2,11-14)7-5-6-8-17-9-10-18(3,15)16/h13-14H,4-11H2,1-3H3. The van der Waals surface area contributed by atoms with Gasteiger partial charge in [-0.05, 0) is 32.1 Å². The third kappa shape index (κ3) is 10.2. The molecule has 0 spiro atoms. The van der Waals surface area contributed by atoms with Crippen molar-refractivity contribution in [2.24, 2.45) is 0 Å². The second-order valence-electron chi connectivity index (χ2n) is 4.95.